The van der Waals surface area contributed by atoms with Crippen LogP contribution in [0.15, 0.2) is 162 Å². The minimum absolute atomic E-state index is 0.799. The van der Waals surface area contributed by atoms with Gasteiger partial charge in [-0.05, 0) is 82.4 Å². The van der Waals surface area contributed by atoms with Gasteiger partial charge in [0.25, 0.3) is 0 Å². The first-order valence-corrected chi connectivity index (χ1v) is 14.9. The van der Waals surface area contributed by atoms with E-state index in [1.165, 1.54) is 32.9 Å². The summed E-state index contributed by atoms with van der Waals surface area (Å²) < 4.78 is 8.74. The fraction of sp³-hybridized carbons (Fsp3) is 0. The van der Waals surface area contributed by atoms with Crippen LogP contribution in [0.1, 0.15) is 0 Å². The fourth-order valence-electron chi connectivity index (χ4n) is 6.60. The number of nitrogens with zero attached hydrogens (tertiary/aromatic N) is 2. The van der Waals surface area contributed by atoms with Crippen molar-refractivity contribution < 1.29 is 4.42 Å². The summed E-state index contributed by atoms with van der Waals surface area (Å²) in [6, 6.07) is 53.8. The van der Waals surface area contributed by atoms with Gasteiger partial charge in [0.15, 0.2) is 5.58 Å². The Balaban J connectivity index is 1.20. The molecule has 9 rings (SSSR count). The van der Waals surface area contributed by atoms with E-state index in [9.17, 15) is 0 Å². The first-order valence-electron chi connectivity index (χ1n) is 14.9. The highest BCUT2D eigenvalue weighted by atomic mass is 16.3. The van der Waals surface area contributed by atoms with E-state index in [2.05, 4.69) is 143 Å². The lowest BCUT2D eigenvalue weighted by atomic mass is 9.94. The summed E-state index contributed by atoms with van der Waals surface area (Å²) in [5.74, 6) is 0. The van der Waals surface area contributed by atoms with E-state index in [4.69, 9.17) is 4.42 Å². The van der Waals surface area contributed by atoms with Crippen LogP contribution < -0.4 is 0 Å². The van der Waals surface area contributed by atoms with E-state index < -0.39 is 0 Å². The molecule has 0 spiro atoms. The van der Waals surface area contributed by atoms with Crippen molar-refractivity contribution in [2.45, 2.75) is 0 Å². The van der Waals surface area contributed by atoms with Gasteiger partial charge in [-0.1, -0.05) is 97.1 Å². The molecule has 3 aromatic heterocycles. The minimum atomic E-state index is 0.799. The van der Waals surface area contributed by atoms with Crippen LogP contribution >= 0.6 is 0 Å². The number of aromatic nitrogens is 2. The Bertz CT molecular complexity index is 2450. The van der Waals surface area contributed by atoms with Gasteiger partial charge in [0.1, 0.15) is 11.1 Å². The predicted octanol–water partition coefficient (Wildman–Crippen LogP) is 11.1. The van der Waals surface area contributed by atoms with Crippen molar-refractivity contribution in [3.8, 4) is 39.1 Å². The number of rotatable bonds is 4. The Morgan fingerprint density at radius 2 is 1.09 bits per heavy atom. The predicted molar refractivity (Wildman–Crippen MR) is 182 cm³/mol. The van der Waals surface area contributed by atoms with Gasteiger partial charge in [-0.3, -0.25) is 4.98 Å². The van der Waals surface area contributed by atoms with Crippen LogP contribution in [0, 0.1) is 0 Å². The molecule has 3 heterocycles. The third kappa shape index (κ3) is 3.87. The maximum atomic E-state index is 6.37. The smallest absolute Gasteiger partial charge is 0.153 e. The summed E-state index contributed by atoms with van der Waals surface area (Å²) in [5.41, 5.74) is 12.9. The van der Waals surface area contributed by atoms with Gasteiger partial charge < -0.3 is 8.98 Å². The number of fused-ring (bicyclic) bond motifs is 6. The second-order valence-electron chi connectivity index (χ2n) is 11.2. The van der Waals surface area contributed by atoms with Gasteiger partial charge in [-0.2, -0.15) is 0 Å². The summed E-state index contributed by atoms with van der Waals surface area (Å²) in [6.07, 6.45) is 1.83. The highest BCUT2D eigenvalue weighted by molar-refractivity contribution is 6.10. The average molecular weight is 563 g/mol. The Morgan fingerprint density at radius 1 is 0.455 bits per heavy atom. The molecule has 0 N–H and O–H groups in total. The maximum Gasteiger partial charge on any atom is 0.153 e. The zero-order chi connectivity index (χ0) is 29.0. The Labute approximate surface area is 254 Å². The molecular formula is C41H26N2O. The first-order chi connectivity index (χ1) is 21.8. The van der Waals surface area contributed by atoms with E-state index in [0.29, 0.717) is 0 Å². The van der Waals surface area contributed by atoms with Crippen LogP contribution in [0.2, 0.25) is 0 Å². The Morgan fingerprint density at radius 3 is 1.86 bits per heavy atom. The van der Waals surface area contributed by atoms with Gasteiger partial charge in [0.05, 0.1) is 11.0 Å². The summed E-state index contributed by atoms with van der Waals surface area (Å²) in [7, 11) is 0. The van der Waals surface area contributed by atoms with E-state index >= 15 is 0 Å². The molecule has 0 radical (unpaired) electrons. The van der Waals surface area contributed by atoms with E-state index in [0.717, 1.165) is 50.0 Å². The highest BCUT2D eigenvalue weighted by Gasteiger charge is 2.17. The number of benzene rings is 6. The van der Waals surface area contributed by atoms with Crippen molar-refractivity contribution in [2.24, 2.45) is 0 Å². The molecule has 0 aliphatic rings. The van der Waals surface area contributed by atoms with E-state index in [-0.39, 0.29) is 0 Å². The molecule has 3 nitrogen and oxygen atoms in total. The topological polar surface area (TPSA) is 31.0 Å². The first kappa shape index (κ1) is 24.6. The second-order valence-corrected chi connectivity index (χ2v) is 11.2. The minimum Gasteiger partial charge on any atom is -0.454 e. The van der Waals surface area contributed by atoms with Crippen LogP contribution in [0.25, 0.3) is 82.9 Å². The molecule has 206 valence electrons. The summed E-state index contributed by atoms with van der Waals surface area (Å²) in [4.78, 5) is 4.69. The molecule has 0 fully saturated rings. The van der Waals surface area contributed by atoms with Crippen LogP contribution in [-0.2, 0) is 0 Å². The quantitative estimate of drug-likeness (QED) is 0.214. The van der Waals surface area contributed by atoms with Gasteiger partial charge in [0, 0.05) is 33.6 Å². The molecule has 9 aromatic rings. The molecule has 3 heteroatoms. The molecule has 6 aromatic carbocycles. The zero-order valence-corrected chi connectivity index (χ0v) is 23.8. The fourth-order valence-corrected chi connectivity index (χ4v) is 6.60. The van der Waals surface area contributed by atoms with Crippen molar-refractivity contribution in [1.82, 2.24) is 9.55 Å². The molecule has 0 bridgehead atoms. The van der Waals surface area contributed by atoms with Crippen molar-refractivity contribution in [3.05, 3.63) is 158 Å². The SMILES string of the molecule is c1ccc(-c2cc(-c3cccc(-c4cccc(-n5c6ccccc6c6ccccc65)c4)c3)cc3c2oc2cccnc23)cc1. The molecule has 0 amide bonds. The number of pyridine rings is 1. The molecule has 0 unspecified atom stereocenters. The second kappa shape index (κ2) is 9.82. The number of para-hydroxylation sites is 2. The molecule has 0 aliphatic heterocycles. The third-order valence-corrected chi connectivity index (χ3v) is 8.63. The van der Waals surface area contributed by atoms with Crippen molar-refractivity contribution in [3.63, 3.8) is 0 Å². The lowest BCUT2D eigenvalue weighted by molar-refractivity contribution is 0.669. The summed E-state index contributed by atoms with van der Waals surface area (Å²) in [6.45, 7) is 0. The Hall–Kier alpha value is -5.93. The normalized spacial score (nSPS) is 11.6. The standard InChI is InChI=1S/C41H26N2O/c1-2-11-27(12-3-1)35-25-31(26-36-40-39(44-41(35)36)21-10-22-42-40)29-14-8-13-28(23-29)30-15-9-16-32(24-30)43-37-19-6-4-17-33(37)34-18-5-7-20-38(34)43/h1-26H. The van der Waals surface area contributed by atoms with Crippen molar-refractivity contribution in [2.75, 3.05) is 0 Å². The number of hydrogen-bond acceptors (Lipinski definition) is 2. The molecule has 0 aliphatic carbocycles. The van der Waals surface area contributed by atoms with Crippen molar-refractivity contribution >= 4 is 43.9 Å². The average Bonchev–Trinajstić information content (AvgIpc) is 3.64. The molecule has 0 atom stereocenters. The van der Waals surface area contributed by atoms with Gasteiger partial charge in [-0.25, -0.2) is 0 Å². The molecule has 0 saturated carbocycles. The number of hydrogen-bond donors (Lipinski definition) is 0. The molecular weight excluding hydrogens is 536 g/mol. The van der Waals surface area contributed by atoms with E-state index in [1.807, 2.05) is 24.4 Å². The van der Waals surface area contributed by atoms with E-state index in [1.54, 1.807) is 0 Å². The molecule has 0 saturated heterocycles. The van der Waals surface area contributed by atoms with Crippen LogP contribution in [0.5, 0.6) is 0 Å². The zero-order valence-electron chi connectivity index (χ0n) is 23.8. The lowest BCUT2D eigenvalue weighted by Crippen LogP contribution is -1.94. The lowest BCUT2D eigenvalue weighted by Gasteiger charge is -2.12. The highest BCUT2D eigenvalue weighted by Crippen LogP contribution is 2.40. The van der Waals surface area contributed by atoms with Gasteiger partial charge >= 0.3 is 0 Å². The van der Waals surface area contributed by atoms with Crippen LogP contribution in [0.3, 0.4) is 0 Å². The third-order valence-electron chi connectivity index (χ3n) is 8.63. The largest absolute Gasteiger partial charge is 0.454 e. The van der Waals surface area contributed by atoms with Gasteiger partial charge in [0.2, 0.25) is 0 Å². The van der Waals surface area contributed by atoms with Crippen LogP contribution in [-0.4, -0.2) is 9.55 Å². The molecule has 44 heavy (non-hydrogen) atoms. The summed E-state index contributed by atoms with van der Waals surface area (Å²) in [5, 5.41) is 3.55. The Kier molecular flexibility index (Phi) is 5.50. The van der Waals surface area contributed by atoms with Crippen molar-refractivity contribution in [1.29, 1.82) is 0 Å². The van der Waals surface area contributed by atoms with Gasteiger partial charge in [-0.15, -0.1) is 0 Å². The van der Waals surface area contributed by atoms with Crippen LogP contribution in [0.4, 0.5) is 0 Å². The number of furan rings is 1. The summed E-state index contributed by atoms with van der Waals surface area (Å²) >= 11 is 0. The maximum absolute atomic E-state index is 6.37. The monoisotopic (exact) mass is 562 g/mol.